The van der Waals surface area contributed by atoms with Crippen molar-refractivity contribution in [3.05, 3.63) is 23.8 Å². The lowest BCUT2D eigenvalue weighted by molar-refractivity contribution is 0.292. The summed E-state index contributed by atoms with van der Waals surface area (Å²) in [5, 5.41) is 16.8. The number of hydrogen-bond donors (Lipinski definition) is 3. The minimum absolute atomic E-state index is 0.263. The molecular formula is C20H36N4O2. The predicted molar refractivity (Wildman–Crippen MR) is 109 cm³/mol. The molecule has 6 heteroatoms. The van der Waals surface area contributed by atoms with Gasteiger partial charge in [-0.3, -0.25) is 4.99 Å². The number of benzene rings is 1. The van der Waals surface area contributed by atoms with E-state index >= 15 is 0 Å². The maximum atomic E-state index is 10.0. The van der Waals surface area contributed by atoms with Crippen LogP contribution >= 0.6 is 0 Å². The van der Waals surface area contributed by atoms with Crippen molar-refractivity contribution in [1.82, 2.24) is 15.5 Å². The quantitative estimate of drug-likeness (QED) is 0.416. The summed E-state index contributed by atoms with van der Waals surface area (Å²) in [6, 6.07) is 5.76. The van der Waals surface area contributed by atoms with Gasteiger partial charge in [0.05, 0.1) is 7.11 Å². The highest BCUT2D eigenvalue weighted by atomic mass is 16.5. The van der Waals surface area contributed by atoms with Crippen molar-refractivity contribution in [2.75, 3.05) is 40.3 Å². The Kier molecular flexibility index (Phi) is 10.5. The predicted octanol–water partition coefficient (Wildman–Crippen LogP) is 2.62. The van der Waals surface area contributed by atoms with Crippen LogP contribution in [0.25, 0.3) is 0 Å². The minimum Gasteiger partial charge on any atom is -0.508 e. The summed E-state index contributed by atoms with van der Waals surface area (Å²) in [7, 11) is 3.37. The molecule has 0 amide bonds. The number of hydrogen-bond acceptors (Lipinski definition) is 4. The van der Waals surface area contributed by atoms with Crippen molar-refractivity contribution >= 4 is 5.96 Å². The lowest BCUT2D eigenvalue weighted by Crippen LogP contribution is -2.43. The monoisotopic (exact) mass is 364 g/mol. The molecule has 1 unspecified atom stereocenters. The summed E-state index contributed by atoms with van der Waals surface area (Å²) in [6.07, 6.45) is 3.00. The van der Waals surface area contributed by atoms with Crippen LogP contribution in [0.5, 0.6) is 11.5 Å². The highest BCUT2D eigenvalue weighted by molar-refractivity contribution is 5.79. The molecule has 0 radical (unpaired) electrons. The van der Waals surface area contributed by atoms with Gasteiger partial charge in [0.25, 0.3) is 0 Å². The van der Waals surface area contributed by atoms with E-state index in [0.29, 0.717) is 24.8 Å². The van der Waals surface area contributed by atoms with Crippen LogP contribution in [0.3, 0.4) is 0 Å². The molecule has 1 aromatic carbocycles. The van der Waals surface area contributed by atoms with Gasteiger partial charge in [-0.1, -0.05) is 19.9 Å². The molecule has 0 fully saturated rings. The Bertz CT molecular complexity index is 545. The molecule has 1 aromatic rings. The molecular weight excluding hydrogens is 328 g/mol. The second-order valence-electron chi connectivity index (χ2n) is 6.46. The van der Waals surface area contributed by atoms with Gasteiger partial charge < -0.3 is 25.4 Å². The number of nitrogens with zero attached hydrogens (tertiary/aromatic N) is 2. The van der Waals surface area contributed by atoms with Gasteiger partial charge in [-0.2, -0.15) is 0 Å². The molecule has 6 nitrogen and oxygen atoms in total. The highest BCUT2D eigenvalue weighted by Gasteiger charge is 2.07. The van der Waals surface area contributed by atoms with Gasteiger partial charge in [0.15, 0.2) is 5.96 Å². The van der Waals surface area contributed by atoms with Crippen molar-refractivity contribution in [3.63, 3.8) is 0 Å². The van der Waals surface area contributed by atoms with Gasteiger partial charge in [0.2, 0.25) is 0 Å². The number of rotatable bonds is 11. The van der Waals surface area contributed by atoms with Crippen molar-refractivity contribution in [1.29, 1.82) is 0 Å². The summed E-state index contributed by atoms with van der Waals surface area (Å²) in [4.78, 5) is 6.73. The van der Waals surface area contributed by atoms with E-state index in [2.05, 4.69) is 41.3 Å². The molecule has 0 aromatic heterocycles. The average Bonchev–Trinajstić information content (AvgIpc) is 2.65. The molecule has 1 rings (SSSR count). The number of phenolic OH excluding ortho intramolecular Hbond substituents is 1. The molecule has 0 saturated carbocycles. The SMILES string of the molecule is CCN(CC)CCCC(C)NC(=NC)NCCc1ccc(OC)cc1O. The fourth-order valence-corrected chi connectivity index (χ4v) is 2.86. The Hall–Kier alpha value is -1.95. The van der Waals surface area contributed by atoms with Gasteiger partial charge in [-0.15, -0.1) is 0 Å². The smallest absolute Gasteiger partial charge is 0.191 e. The molecule has 0 aliphatic heterocycles. The van der Waals surface area contributed by atoms with Crippen LogP contribution in [0, 0.1) is 0 Å². The first-order valence-electron chi connectivity index (χ1n) is 9.59. The van der Waals surface area contributed by atoms with Crippen LogP contribution in [-0.4, -0.2) is 62.3 Å². The first-order chi connectivity index (χ1) is 12.5. The molecule has 0 aliphatic rings. The zero-order valence-electron chi connectivity index (χ0n) is 17.0. The van der Waals surface area contributed by atoms with E-state index in [1.54, 1.807) is 20.2 Å². The van der Waals surface area contributed by atoms with Gasteiger partial charge in [0.1, 0.15) is 11.5 Å². The first kappa shape index (κ1) is 22.1. The van der Waals surface area contributed by atoms with E-state index in [1.165, 1.54) is 6.42 Å². The Morgan fingerprint density at radius 2 is 2.04 bits per heavy atom. The maximum Gasteiger partial charge on any atom is 0.191 e. The molecule has 3 N–H and O–H groups in total. The lowest BCUT2D eigenvalue weighted by Gasteiger charge is -2.21. The molecule has 0 heterocycles. The number of nitrogens with one attached hydrogen (secondary N) is 2. The molecule has 0 bridgehead atoms. The fourth-order valence-electron chi connectivity index (χ4n) is 2.86. The van der Waals surface area contributed by atoms with Gasteiger partial charge in [-0.25, -0.2) is 0 Å². The number of methoxy groups -OCH3 is 1. The third kappa shape index (κ3) is 7.95. The van der Waals surface area contributed by atoms with E-state index < -0.39 is 0 Å². The van der Waals surface area contributed by atoms with Crippen LogP contribution in [0.2, 0.25) is 0 Å². The number of ether oxygens (including phenoxy) is 1. The van der Waals surface area contributed by atoms with E-state index in [1.807, 2.05) is 12.1 Å². The summed E-state index contributed by atoms with van der Waals surface area (Å²) >= 11 is 0. The molecule has 26 heavy (non-hydrogen) atoms. The van der Waals surface area contributed by atoms with E-state index in [4.69, 9.17) is 4.74 Å². The topological polar surface area (TPSA) is 69.1 Å². The van der Waals surface area contributed by atoms with Crippen LogP contribution in [0.4, 0.5) is 0 Å². The summed E-state index contributed by atoms with van der Waals surface area (Å²) in [5.74, 6) is 1.72. The summed E-state index contributed by atoms with van der Waals surface area (Å²) in [5.41, 5.74) is 0.890. The first-order valence-corrected chi connectivity index (χ1v) is 9.59. The zero-order chi connectivity index (χ0) is 19.4. The number of aromatic hydroxyl groups is 1. The normalized spacial score (nSPS) is 12.9. The van der Waals surface area contributed by atoms with Crippen LogP contribution in [0.15, 0.2) is 23.2 Å². The number of aliphatic imine (C=N–C) groups is 1. The third-order valence-electron chi connectivity index (χ3n) is 4.59. The Balaban J connectivity index is 2.34. The zero-order valence-corrected chi connectivity index (χ0v) is 17.0. The second kappa shape index (κ2) is 12.4. The Labute approximate surface area is 158 Å². The summed E-state index contributed by atoms with van der Waals surface area (Å²) < 4.78 is 5.11. The lowest BCUT2D eigenvalue weighted by atomic mass is 10.1. The van der Waals surface area contributed by atoms with Crippen molar-refractivity contribution in [3.8, 4) is 11.5 Å². The summed E-state index contributed by atoms with van der Waals surface area (Å²) in [6.45, 7) is 10.7. The molecule has 0 spiro atoms. The van der Waals surface area contributed by atoms with Gasteiger partial charge >= 0.3 is 0 Å². The number of phenols is 1. The van der Waals surface area contributed by atoms with Crippen molar-refractivity contribution in [2.24, 2.45) is 4.99 Å². The number of guanidine groups is 1. The molecule has 148 valence electrons. The molecule has 0 saturated heterocycles. The third-order valence-corrected chi connectivity index (χ3v) is 4.59. The van der Waals surface area contributed by atoms with Gasteiger partial charge in [0, 0.05) is 25.7 Å². The van der Waals surface area contributed by atoms with Crippen LogP contribution in [0.1, 0.15) is 39.2 Å². The van der Waals surface area contributed by atoms with E-state index in [-0.39, 0.29) is 5.75 Å². The van der Waals surface area contributed by atoms with Crippen molar-refractivity contribution < 1.29 is 9.84 Å². The Morgan fingerprint density at radius 3 is 2.62 bits per heavy atom. The van der Waals surface area contributed by atoms with E-state index in [0.717, 1.165) is 37.6 Å². The largest absolute Gasteiger partial charge is 0.508 e. The highest BCUT2D eigenvalue weighted by Crippen LogP contribution is 2.23. The van der Waals surface area contributed by atoms with E-state index in [9.17, 15) is 5.11 Å². The molecule has 0 aliphatic carbocycles. The second-order valence-corrected chi connectivity index (χ2v) is 6.46. The van der Waals surface area contributed by atoms with Gasteiger partial charge in [-0.05, 0) is 57.5 Å². The van der Waals surface area contributed by atoms with Crippen LogP contribution in [-0.2, 0) is 6.42 Å². The molecule has 1 atom stereocenters. The minimum atomic E-state index is 0.263. The average molecular weight is 365 g/mol. The van der Waals surface area contributed by atoms with Crippen LogP contribution < -0.4 is 15.4 Å². The Morgan fingerprint density at radius 1 is 1.31 bits per heavy atom. The van der Waals surface area contributed by atoms with Crippen molar-refractivity contribution in [2.45, 2.75) is 46.1 Å². The fraction of sp³-hybridized carbons (Fsp3) is 0.650. The maximum absolute atomic E-state index is 10.0. The standard InChI is InChI=1S/C20H36N4O2/c1-6-24(7-2)14-8-9-16(3)23-20(21-4)22-13-12-17-10-11-18(26-5)15-19(17)25/h10-11,15-16,25H,6-9,12-14H2,1-5H3,(H2,21,22,23).